The van der Waals surface area contributed by atoms with E-state index in [-0.39, 0.29) is 48.9 Å². The number of hydrogen-bond acceptors (Lipinski definition) is 8. The molecule has 10 nitrogen and oxygen atoms in total. The Bertz CT molecular complexity index is 1330. The highest BCUT2D eigenvalue weighted by atomic mass is 19.4. The Morgan fingerprint density at radius 2 is 1.97 bits per heavy atom. The van der Waals surface area contributed by atoms with Crippen LogP contribution in [0.3, 0.4) is 0 Å². The van der Waals surface area contributed by atoms with Gasteiger partial charge in [0.25, 0.3) is 0 Å². The van der Waals surface area contributed by atoms with Gasteiger partial charge in [0, 0.05) is 31.3 Å². The molecule has 2 unspecified atom stereocenters. The highest BCUT2D eigenvalue weighted by molar-refractivity contribution is 5.64. The molecule has 1 saturated heterocycles. The van der Waals surface area contributed by atoms with Crippen LogP contribution in [0.2, 0.25) is 0 Å². The first-order valence-corrected chi connectivity index (χ1v) is 12.6. The van der Waals surface area contributed by atoms with Crippen molar-refractivity contribution < 1.29 is 22.6 Å². The van der Waals surface area contributed by atoms with E-state index >= 15 is 0 Å². The summed E-state index contributed by atoms with van der Waals surface area (Å²) in [6.45, 7) is 0.934. The molecule has 196 valence electrons. The number of nitrogens with one attached hydrogen (secondary N) is 2. The normalized spacial score (nSPS) is 27.1. The summed E-state index contributed by atoms with van der Waals surface area (Å²) in [5.41, 5.74) is 1.11. The summed E-state index contributed by atoms with van der Waals surface area (Å²) < 4.78 is 57.1. The summed E-state index contributed by atoms with van der Waals surface area (Å²) in [5.74, 6) is 1.33. The number of alkyl halides is 3. The second-order valence-corrected chi connectivity index (χ2v) is 10.4. The molecule has 0 spiro atoms. The largest absolute Gasteiger partial charge is 0.487 e. The number of aryl methyl sites for hydroxylation is 1. The van der Waals surface area contributed by atoms with E-state index in [9.17, 15) is 13.2 Å². The van der Waals surface area contributed by atoms with Gasteiger partial charge in [-0.3, -0.25) is 4.68 Å². The second kappa shape index (κ2) is 8.33. The van der Waals surface area contributed by atoms with Gasteiger partial charge < -0.3 is 20.1 Å². The van der Waals surface area contributed by atoms with Crippen molar-refractivity contribution in [2.75, 3.05) is 30.5 Å². The lowest BCUT2D eigenvalue weighted by Gasteiger charge is -2.27. The molecule has 4 aliphatic rings. The van der Waals surface area contributed by atoms with Crippen LogP contribution < -0.4 is 15.4 Å². The number of fused-ring (bicyclic) bond motifs is 4. The molecule has 0 aromatic carbocycles. The van der Waals surface area contributed by atoms with Crippen molar-refractivity contribution in [3.8, 4) is 5.75 Å². The van der Waals surface area contributed by atoms with Crippen LogP contribution in [0.1, 0.15) is 60.4 Å². The third kappa shape index (κ3) is 3.99. The zero-order chi connectivity index (χ0) is 25.3. The molecular formula is C24H27F3N8O2. The van der Waals surface area contributed by atoms with Crippen molar-refractivity contribution in [3.63, 3.8) is 0 Å². The maximum Gasteiger partial charge on any atom is 0.421 e. The van der Waals surface area contributed by atoms with Gasteiger partial charge in [-0.25, -0.2) is 9.67 Å². The van der Waals surface area contributed by atoms with Gasteiger partial charge in [-0.05, 0) is 37.2 Å². The molecule has 3 fully saturated rings. The summed E-state index contributed by atoms with van der Waals surface area (Å²) in [5, 5.41) is 15.5. The molecule has 0 amide bonds. The summed E-state index contributed by atoms with van der Waals surface area (Å²) in [4.78, 5) is 8.29. The van der Waals surface area contributed by atoms with E-state index in [1.807, 2.05) is 24.1 Å². The van der Waals surface area contributed by atoms with Crippen molar-refractivity contribution >= 4 is 17.6 Å². The molecule has 2 aliphatic carbocycles. The Labute approximate surface area is 210 Å². The zero-order valence-corrected chi connectivity index (χ0v) is 20.2. The highest BCUT2D eigenvalue weighted by Gasteiger charge is 2.46. The van der Waals surface area contributed by atoms with Gasteiger partial charge in [0.15, 0.2) is 11.6 Å². The van der Waals surface area contributed by atoms with E-state index in [1.54, 1.807) is 4.68 Å². The van der Waals surface area contributed by atoms with E-state index < -0.39 is 11.7 Å². The Hall–Kier alpha value is -3.35. The minimum atomic E-state index is -4.59. The second-order valence-electron chi connectivity index (χ2n) is 10.4. The number of anilines is 3. The first-order chi connectivity index (χ1) is 17.8. The number of nitrogens with zero attached hydrogens (tertiary/aromatic N) is 6. The minimum absolute atomic E-state index is 0.0596. The average Bonchev–Trinajstić information content (AvgIpc) is 3.09. The van der Waals surface area contributed by atoms with Crippen molar-refractivity contribution in [1.29, 1.82) is 0 Å². The molecule has 4 atom stereocenters. The van der Waals surface area contributed by atoms with Gasteiger partial charge in [0.05, 0.1) is 38.1 Å². The molecule has 2 bridgehead atoms. The molecule has 13 heteroatoms. The van der Waals surface area contributed by atoms with Crippen LogP contribution in [0, 0.1) is 5.92 Å². The fourth-order valence-electron chi connectivity index (χ4n) is 5.48. The van der Waals surface area contributed by atoms with Gasteiger partial charge in [-0.15, -0.1) is 0 Å². The molecule has 0 radical (unpaired) electrons. The Morgan fingerprint density at radius 3 is 2.70 bits per heavy atom. The van der Waals surface area contributed by atoms with Crippen LogP contribution >= 0.6 is 0 Å². The van der Waals surface area contributed by atoms with Crippen LogP contribution in [-0.2, 0) is 18.0 Å². The molecular weight excluding hydrogens is 489 g/mol. The average molecular weight is 517 g/mol. The van der Waals surface area contributed by atoms with Gasteiger partial charge in [0.1, 0.15) is 17.1 Å². The van der Waals surface area contributed by atoms with E-state index in [0.29, 0.717) is 24.1 Å². The van der Waals surface area contributed by atoms with E-state index in [4.69, 9.17) is 14.6 Å². The first kappa shape index (κ1) is 22.8. The van der Waals surface area contributed by atoms with Crippen LogP contribution in [0.5, 0.6) is 5.75 Å². The zero-order valence-electron chi connectivity index (χ0n) is 20.2. The number of ether oxygens (including phenoxy) is 2. The van der Waals surface area contributed by atoms with Crippen LogP contribution in [-0.4, -0.2) is 55.4 Å². The maximum absolute atomic E-state index is 13.8. The monoisotopic (exact) mass is 516 g/mol. The fraction of sp³-hybridized carbons (Fsp3) is 0.583. The Balaban J connectivity index is 1.32. The molecule has 2 N–H and O–H groups in total. The molecule has 2 aliphatic heterocycles. The predicted octanol–water partition coefficient (Wildman–Crippen LogP) is 3.98. The Kier molecular flexibility index (Phi) is 5.14. The topological polar surface area (TPSA) is 104 Å². The summed E-state index contributed by atoms with van der Waals surface area (Å²) in [7, 11) is 1.90. The Morgan fingerprint density at radius 1 is 1.11 bits per heavy atom. The molecule has 2 saturated carbocycles. The summed E-state index contributed by atoms with van der Waals surface area (Å²) in [6.07, 6.45) is 4.14. The van der Waals surface area contributed by atoms with Gasteiger partial charge in [-0.2, -0.15) is 28.4 Å². The number of aromatic nitrogens is 6. The van der Waals surface area contributed by atoms with Crippen molar-refractivity contribution in [2.45, 2.75) is 55.8 Å². The summed E-state index contributed by atoms with van der Waals surface area (Å²) >= 11 is 0. The molecule has 37 heavy (non-hydrogen) atoms. The van der Waals surface area contributed by atoms with E-state index in [2.05, 4.69) is 25.7 Å². The van der Waals surface area contributed by atoms with E-state index in [1.165, 1.54) is 0 Å². The standard InChI is InChI=1S/C24H27F3N8O2/c1-34-8-12(6-29-34)15-5-16(15)19-20-22(35(33-19)14-3-2-4-14)32-23-28-7-17(24(25,26)27)21(31-23)30-18-11-36-9-13(18)10-37-20/h6-8,13-16,18H,2-5,9-11H2,1H3,(H2,28,30,31,32)/t13-,15?,16?,18+/m0/s1. The molecule has 5 heterocycles. The number of rotatable bonds is 3. The molecule has 7 rings (SSSR count). The lowest BCUT2D eigenvalue weighted by Crippen LogP contribution is -2.33. The smallest absolute Gasteiger partial charge is 0.421 e. The van der Waals surface area contributed by atoms with E-state index in [0.717, 1.165) is 43.1 Å². The van der Waals surface area contributed by atoms with Gasteiger partial charge >= 0.3 is 6.18 Å². The van der Waals surface area contributed by atoms with Crippen LogP contribution in [0.25, 0.3) is 0 Å². The van der Waals surface area contributed by atoms with Crippen molar-refractivity contribution in [2.24, 2.45) is 13.0 Å². The number of halogens is 3. The van der Waals surface area contributed by atoms with Crippen LogP contribution in [0.4, 0.5) is 30.8 Å². The van der Waals surface area contributed by atoms with Crippen molar-refractivity contribution in [1.82, 2.24) is 29.5 Å². The highest BCUT2D eigenvalue weighted by Crippen LogP contribution is 2.58. The third-order valence-electron chi connectivity index (χ3n) is 7.89. The lowest BCUT2D eigenvalue weighted by molar-refractivity contribution is -0.137. The quantitative estimate of drug-likeness (QED) is 0.539. The molecule has 3 aromatic rings. The minimum Gasteiger partial charge on any atom is -0.487 e. The fourth-order valence-corrected chi connectivity index (χ4v) is 5.48. The van der Waals surface area contributed by atoms with Gasteiger partial charge in [-0.1, -0.05) is 0 Å². The lowest BCUT2D eigenvalue weighted by atomic mass is 9.93. The summed E-state index contributed by atoms with van der Waals surface area (Å²) in [6, 6.07) is -0.187. The molecule has 3 aromatic heterocycles. The SMILES string of the molecule is Cn1cc(C2CC2c2nn(C3CCC3)c3c2OC[C@@H]2COC[C@H]2Nc2nc(ncc2C(F)(F)F)N3)cn1. The van der Waals surface area contributed by atoms with Crippen LogP contribution in [0.15, 0.2) is 18.6 Å². The van der Waals surface area contributed by atoms with Gasteiger partial charge in [0.2, 0.25) is 5.95 Å². The first-order valence-electron chi connectivity index (χ1n) is 12.6. The predicted molar refractivity (Wildman–Crippen MR) is 126 cm³/mol. The van der Waals surface area contributed by atoms with Crippen molar-refractivity contribution in [3.05, 3.63) is 35.4 Å². The maximum atomic E-state index is 13.8. The third-order valence-corrected chi connectivity index (χ3v) is 7.89. The number of hydrogen-bond donors (Lipinski definition) is 2.